The van der Waals surface area contributed by atoms with Crippen LogP contribution in [-0.4, -0.2) is 58.3 Å². The van der Waals surface area contributed by atoms with Crippen molar-refractivity contribution in [3.63, 3.8) is 0 Å². The molecule has 0 aromatic carbocycles. The van der Waals surface area contributed by atoms with Gasteiger partial charge in [-0.15, -0.1) is 0 Å². The van der Waals surface area contributed by atoms with Crippen molar-refractivity contribution >= 4 is 0 Å². The van der Waals surface area contributed by atoms with Gasteiger partial charge < -0.3 is 25.0 Å². The molecule has 1 aliphatic rings. The van der Waals surface area contributed by atoms with Gasteiger partial charge in [0, 0.05) is 32.0 Å². The second kappa shape index (κ2) is 8.54. The van der Waals surface area contributed by atoms with E-state index in [-0.39, 0.29) is 6.54 Å². The minimum atomic E-state index is -1.09. The van der Waals surface area contributed by atoms with Gasteiger partial charge in [0.1, 0.15) is 18.3 Å². The molecule has 1 saturated heterocycles. The van der Waals surface area contributed by atoms with Crippen LogP contribution in [0.25, 0.3) is 0 Å². The molecular formula is C16H25N3O6. The predicted molar refractivity (Wildman–Crippen MR) is 90.3 cm³/mol. The number of nitrogens with zero attached hydrogens (tertiary/aromatic N) is 1. The standard InChI is InChI=1S/C16H25N3O6/c1-9(2)4-5-17-6-10-7-19(16(23)18-14(10)22)15-13(24-3)12(21)11(8-20)25-15/h4,7,11-13,15,17,20-21H,5-6,8H2,1-3H3,(H,18,22,23)/t11-,12+,13-,15-/m1/s1. The largest absolute Gasteiger partial charge is 0.394 e. The summed E-state index contributed by atoms with van der Waals surface area (Å²) in [4.78, 5) is 26.4. The number of aromatic nitrogens is 2. The summed E-state index contributed by atoms with van der Waals surface area (Å²) >= 11 is 0. The smallest absolute Gasteiger partial charge is 0.330 e. The predicted octanol–water partition coefficient (Wildman–Crippen LogP) is -1.14. The quantitative estimate of drug-likeness (QED) is 0.360. The summed E-state index contributed by atoms with van der Waals surface area (Å²) in [5.74, 6) is 0. The summed E-state index contributed by atoms with van der Waals surface area (Å²) in [5, 5.41) is 22.5. The lowest BCUT2D eigenvalue weighted by Gasteiger charge is -2.20. The van der Waals surface area contributed by atoms with Gasteiger partial charge in [0.2, 0.25) is 0 Å². The molecule has 0 radical (unpaired) electrons. The minimum absolute atomic E-state index is 0.260. The van der Waals surface area contributed by atoms with Crippen molar-refractivity contribution in [1.82, 2.24) is 14.9 Å². The minimum Gasteiger partial charge on any atom is -0.394 e. The number of nitrogens with one attached hydrogen (secondary N) is 2. The zero-order valence-electron chi connectivity index (χ0n) is 14.6. The van der Waals surface area contributed by atoms with Crippen LogP contribution >= 0.6 is 0 Å². The third-order valence-corrected chi connectivity index (χ3v) is 4.05. The van der Waals surface area contributed by atoms with E-state index in [0.29, 0.717) is 12.1 Å². The topological polar surface area (TPSA) is 126 Å². The highest BCUT2D eigenvalue weighted by atomic mass is 16.6. The van der Waals surface area contributed by atoms with Gasteiger partial charge in [-0.1, -0.05) is 11.6 Å². The van der Waals surface area contributed by atoms with E-state index in [2.05, 4.69) is 10.3 Å². The number of H-pyrrole nitrogens is 1. The van der Waals surface area contributed by atoms with E-state index in [1.54, 1.807) is 0 Å². The molecule has 1 aromatic heterocycles. The monoisotopic (exact) mass is 355 g/mol. The number of aromatic amines is 1. The SMILES string of the molecule is CO[C@@H]1[C@@H](O)[C@@H](CO)O[C@H]1n1cc(CNCC=C(C)C)c(=O)[nH]c1=O. The number of rotatable bonds is 7. The molecule has 0 spiro atoms. The Bertz CT molecular complexity index is 721. The first-order valence-electron chi connectivity index (χ1n) is 8.04. The van der Waals surface area contributed by atoms with Gasteiger partial charge >= 0.3 is 5.69 Å². The summed E-state index contributed by atoms with van der Waals surface area (Å²) in [5.41, 5.74) is 0.341. The molecule has 0 amide bonds. The Morgan fingerprint density at radius 1 is 1.48 bits per heavy atom. The number of aliphatic hydroxyl groups is 2. The van der Waals surface area contributed by atoms with Crippen molar-refractivity contribution in [2.45, 2.75) is 44.9 Å². The number of methoxy groups -OCH3 is 1. The average molecular weight is 355 g/mol. The number of hydrogen-bond donors (Lipinski definition) is 4. The first kappa shape index (κ1) is 19.5. The van der Waals surface area contributed by atoms with E-state index < -0.39 is 42.4 Å². The second-order valence-corrected chi connectivity index (χ2v) is 6.17. The fourth-order valence-electron chi connectivity index (χ4n) is 2.67. The highest BCUT2D eigenvalue weighted by molar-refractivity contribution is 5.06. The molecule has 1 fully saturated rings. The van der Waals surface area contributed by atoms with Gasteiger partial charge in [-0.3, -0.25) is 14.3 Å². The molecule has 1 aromatic rings. The molecule has 140 valence electrons. The van der Waals surface area contributed by atoms with E-state index in [4.69, 9.17) is 9.47 Å². The summed E-state index contributed by atoms with van der Waals surface area (Å²) < 4.78 is 11.9. The zero-order chi connectivity index (χ0) is 18.6. The molecule has 0 bridgehead atoms. The zero-order valence-corrected chi connectivity index (χ0v) is 14.6. The van der Waals surface area contributed by atoms with Crippen molar-refractivity contribution in [1.29, 1.82) is 0 Å². The van der Waals surface area contributed by atoms with E-state index in [0.717, 1.165) is 5.57 Å². The molecule has 9 heteroatoms. The molecule has 1 aliphatic heterocycles. The third-order valence-electron chi connectivity index (χ3n) is 4.05. The van der Waals surface area contributed by atoms with Crippen molar-refractivity contribution in [2.75, 3.05) is 20.3 Å². The number of allylic oxidation sites excluding steroid dienone is 1. The molecule has 4 N–H and O–H groups in total. The van der Waals surface area contributed by atoms with Crippen molar-refractivity contribution < 1.29 is 19.7 Å². The Kier molecular flexibility index (Phi) is 6.68. The lowest BCUT2D eigenvalue weighted by molar-refractivity contribution is -0.0626. The fourth-order valence-corrected chi connectivity index (χ4v) is 2.67. The van der Waals surface area contributed by atoms with Crippen LogP contribution in [0, 0.1) is 0 Å². The summed E-state index contributed by atoms with van der Waals surface area (Å²) in [6.07, 6.45) is -0.371. The molecule has 2 heterocycles. The number of ether oxygens (including phenoxy) is 2. The van der Waals surface area contributed by atoms with Crippen LogP contribution < -0.4 is 16.6 Å². The van der Waals surface area contributed by atoms with E-state index in [1.165, 1.54) is 17.9 Å². The summed E-state index contributed by atoms with van der Waals surface area (Å²) in [6.45, 7) is 4.38. The molecule has 4 atom stereocenters. The first-order chi connectivity index (χ1) is 11.9. The van der Waals surface area contributed by atoms with Crippen LogP contribution in [0.4, 0.5) is 0 Å². The molecular weight excluding hydrogens is 330 g/mol. The fraction of sp³-hybridized carbons (Fsp3) is 0.625. The van der Waals surface area contributed by atoms with E-state index in [9.17, 15) is 19.8 Å². The Hall–Kier alpha value is -1.78. The Balaban J connectivity index is 2.26. The van der Waals surface area contributed by atoms with Crippen molar-refractivity contribution in [2.24, 2.45) is 0 Å². The first-order valence-corrected chi connectivity index (χ1v) is 8.04. The van der Waals surface area contributed by atoms with Crippen LogP contribution in [-0.2, 0) is 16.0 Å². The van der Waals surface area contributed by atoms with Crippen LogP contribution in [0.5, 0.6) is 0 Å². The van der Waals surface area contributed by atoms with Gasteiger partial charge in [-0.05, 0) is 13.8 Å². The highest BCUT2D eigenvalue weighted by Crippen LogP contribution is 2.30. The Morgan fingerprint density at radius 2 is 2.20 bits per heavy atom. The molecule has 2 rings (SSSR count). The maximum Gasteiger partial charge on any atom is 0.330 e. The lowest BCUT2D eigenvalue weighted by atomic mass is 10.1. The Labute approximate surface area is 144 Å². The van der Waals surface area contributed by atoms with Crippen LogP contribution in [0.1, 0.15) is 25.6 Å². The molecule has 0 saturated carbocycles. The Morgan fingerprint density at radius 3 is 2.80 bits per heavy atom. The molecule has 25 heavy (non-hydrogen) atoms. The van der Waals surface area contributed by atoms with Crippen molar-refractivity contribution in [3.8, 4) is 0 Å². The normalized spacial score (nSPS) is 26.0. The maximum atomic E-state index is 12.2. The van der Waals surface area contributed by atoms with Crippen LogP contribution in [0.15, 0.2) is 27.4 Å². The molecule has 9 nitrogen and oxygen atoms in total. The van der Waals surface area contributed by atoms with Gasteiger partial charge in [0.15, 0.2) is 6.23 Å². The summed E-state index contributed by atoms with van der Waals surface area (Å²) in [6, 6.07) is 0. The average Bonchev–Trinajstić information content (AvgIpc) is 2.88. The van der Waals surface area contributed by atoms with E-state index >= 15 is 0 Å². The van der Waals surface area contributed by atoms with Crippen LogP contribution in [0.3, 0.4) is 0 Å². The maximum absolute atomic E-state index is 12.2. The second-order valence-electron chi connectivity index (χ2n) is 6.17. The molecule has 0 unspecified atom stereocenters. The van der Waals surface area contributed by atoms with Gasteiger partial charge in [-0.25, -0.2) is 4.79 Å². The lowest BCUT2D eigenvalue weighted by Crippen LogP contribution is -2.40. The van der Waals surface area contributed by atoms with Gasteiger partial charge in [0.25, 0.3) is 5.56 Å². The third kappa shape index (κ3) is 4.44. The van der Waals surface area contributed by atoms with Crippen molar-refractivity contribution in [3.05, 3.63) is 44.2 Å². The highest BCUT2D eigenvalue weighted by Gasteiger charge is 2.45. The van der Waals surface area contributed by atoms with Gasteiger partial charge in [-0.2, -0.15) is 0 Å². The molecule has 0 aliphatic carbocycles. The summed E-state index contributed by atoms with van der Waals surface area (Å²) in [7, 11) is 1.38. The number of aliphatic hydroxyl groups excluding tert-OH is 2. The van der Waals surface area contributed by atoms with Gasteiger partial charge in [0.05, 0.1) is 6.61 Å². The van der Waals surface area contributed by atoms with E-state index in [1.807, 2.05) is 19.9 Å². The number of hydrogen-bond acceptors (Lipinski definition) is 7. The van der Waals surface area contributed by atoms with Crippen LogP contribution in [0.2, 0.25) is 0 Å².